The number of likely N-dealkylation sites (N-methyl/N-ethyl adjacent to an activating group) is 1. The van der Waals surface area contributed by atoms with Crippen molar-refractivity contribution in [1.29, 1.82) is 0 Å². The van der Waals surface area contributed by atoms with E-state index in [0.717, 1.165) is 5.56 Å². The van der Waals surface area contributed by atoms with Crippen LogP contribution < -0.4 is 0 Å². The van der Waals surface area contributed by atoms with E-state index in [-0.39, 0.29) is 41.1 Å². The first-order valence-electron chi connectivity index (χ1n) is 11.0. The Morgan fingerprint density at radius 3 is 2.44 bits per heavy atom. The maximum Gasteiger partial charge on any atom is 0.289 e. The van der Waals surface area contributed by atoms with E-state index in [4.69, 9.17) is 0 Å². The molecule has 9 heteroatoms. The summed E-state index contributed by atoms with van der Waals surface area (Å²) in [4.78, 5) is 47.6. The van der Waals surface area contributed by atoms with Crippen LogP contribution in [0.25, 0.3) is 0 Å². The van der Waals surface area contributed by atoms with Crippen LogP contribution in [0, 0.1) is 5.82 Å². The predicted molar refractivity (Wildman–Crippen MR) is 115 cm³/mol. The van der Waals surface area contributed by atoms with Gasteiger partial charge in [-0.15, -0.1) is 0 Å². The molecule has 8 nitrogen and oxygen atoms in total. The van der Waals surface area contributed by atoms with Gasteiger partial charge in [-0.2, -0.15) is 0 Å². The minimum Gasteiger partial charge on any atom is -0.343 e. The van der Waals surface area contributed by atoms with Gasteiger partial charge in [0.25, 0.3) is 11.8 Å². The van der Waals surface area contributed by atoms with Crippen LogP contribution in [-0.4, -0.2) is 74.2 Å². The number of fused-ring (bicyclic) bond motifs is 1. The highest BCUT2D eigenvalue weighted by atomic mass is 19.1. The molecule has 0 saturated carbocycles. The number of hydrogen-bond acceptors (Lipinski definition) is 4. The van der Waals surface area contributed by atoms with E-state index >= 15 is 0 Å². The number of benzene rings is 1. The van der Waals surface area contributed by atoms with Gasteiger partial charge < -0.3 is 19.3 Å². The van der Waals surface area contributed by atoms with E-state index in [2.05, 4.69) is 4.98 Å². The Kier molecular flexibility index (Phi) is 6.25. The minimum absolute atomic E-state index is 0.0284. The molecule has 170 valence electrons. The van der Waals surface area contributed by atoms with Gasteiger partial charge in [0, 0.05) is 58.4 Å². The standard InChI is InChI=1S/C23H28FN5O3/c1-3-26-12-13-28-15-20(25-21(28)23(26)32)22(31)29(14-17-4-6-18(24)7-5-17)19-8-10-27(11-9-19)16(2)30/h4-7,15,19H,3,8-14H2,1-2H3. The van der Waals surface area contributed by atoms with E-state index in [1.807, 2.05) is 6.92 Å². The first-order chi connectivity index (χ1) is 15.4. The molecular formula is C23H28FN5O3. The summed E-state index contributed by atoms with van der Waals surface area (Å²) in [7, 11) is 0. The molecule has 0 atom stereocenters. The number of likely N-dealkylation sites (tertiary alicyclic amines) is 1. The quantitative estimate of drug-likeness (QED) is 0.712. The zero-order valence-corrected chi connectivity index (χ0v) is 18.5. The second-order valence-corrected chi connectivity index (χ2v) is 8.32. The van der Waals surface area contributed by atoms with Crippen LogP contribution in [0.5, 0.6) is 0 Å². The number of halogens is 1. The van der Waals surface area contributed by atoms with E-state index < -0.39 is 0 Å². The van der Waals surface area contributed by atoms with Crippen molar-refractivity contribution in [3.63, 3.8) is 0 Å². The summed E-state index contributed by atoms with van der Waals surface area (Å²) in [6.07, 6.45) is 2.97. The van der Waals surface area contributed by atoms with E-state index in [0.29, 0.717) is 52.1 Å². The fourth-order valence-corrected chi connectivity index (χ4v) is 4.43. The Bertz CT molecular complexity index is 1010. The SMILES string of the molecule is CCN1CCn2cc(C(=O)N(Cc3ccc(F)cc3)C3CCN(C(C)=O)CC3)nc2C1=O. The number of hydrogen-bond donors (Lipinski definition) is 0. The van der Waals surface area contributed by atoms with Crippen molar-refractivity contribution in [1.82, 2.24) is 24.3 Å². The molecule has 1 fully saturated rings. The third-order valence-electron chi connectivity index (χ3n) is 6.34. The molecule has 0 unspecified atom stereocenters. The lowest BCUT2D eigenvalue weighted by molar-refractivity contribution is -0.130. The number of piperidine rings is 1. The van der Waals surface area contributed by atoms with Crippen LogP contribution in [0.2, 0.25) is 0 Å². The Morgan fingerprint density at radius 1 is 1.12 bits per heavy atom. The molecule has 1 aromatic heterocycles. The van der Waals surface area contributed by atoms with Crippen molar-refractivity contribution in [2.75, 3.05) is 26.2 Å². The Balaban J connectivity index is 1.59. The molecule has 2 aromatic rings. The van der Waals surface area contributed by atoms with Gasteiger partial charge in [0.2, 0.25) is 5.91 Å². The van der Waals surface area contributed by atoms with E-state index in [1.54, 1.807) is 44.5 Å². The first kappa shape index (κ1) is 22.0. The van der Waals surface area contributed by atoms with Gasteiger partial charge in [-0.1, -0.05) is 12.1 Å². The maximum atomic E-state index is 13.6. The highest BCUT2D eigenvalue weighted by molar-refractivity contribution is 5.96. The van der Waals surface area contributed by atoms with Gasteiger partial charge in [0.1, 0.15) is 11.5 Å². The number of carbonyl (C=O) groups is 3. The van der Waals surface area contributed by atoms with Gasteiger partial charge in [0.15, 0.2) is 5.82 Å². The summed E-state index contributed by atoms with van der Waals surface area (Å²) >= 11 is 0. The van der Waals surface area contributed by atoms with Crippen molar-refractivity contribution in [3.05, 3.63) is 53.4 Å². The van der Waals surface area contributed by atoms with Gasteiger partial charge >= 0.3 is 0 Å². The van der Waals surface area contributed by atoms with E-state index in [9.17, 15) is 18.8 Å². The molecule has 0 bridgehead atoms. The second kappa shape index (κ2) is 9.10. The van der Waals surface area contributed by atoms with Crippen molar-refractivity contribution in [2.45, 2.75) is 45.8 Å². The fourth-order valence-electron chi connectivity index (χ4n) is 4.43. The Hall–Kier alpha value is -3.23. The summed E-state index contributed by atoms with van der Waals surface area (Å²) in [5.74, 6) is -0.441. The molecule has 2 aliphatic heterocycles. The molecule has 1 aromatic carbocycles. The van der Waals surface area contributed by atoms with Gasteiger partial charge in [-0.25, -0.2) is 9.37 Å². The van der Waals surface area contributed by atoms with Crippen LogP contribution in [0.4, 0.5) is 4.39 Å². The number of aromatic nitrogens is 2. The highest BCUT2D eigenvalue weighted by Crippen LogP contribution is 2.23. The summed E-state index contributed by atoms with van der Waals surface area (Å²) in [6.45, 7) is 6.73. The summed E-state index contributed by atoms with van der Waals surface area (Å²) in [5, 5.41) is 0. The smallest absolute Gasteiger partial charge is 0.289 e. The monoisotopic (exact) mass is 441 g/mol. The van der Waals surface area contributed by atoms with Crippen LogP contribution >= 0.6 is 0 Å². The maximum absolute atomic E-state index is 13.6. The number of rotatable bonds is 5. The molecule has 4 rings (SSSR count). The first-order valence-corrected chi connectivity index (χ1v) is 11.0. The number of imidazole rings is 1. The molecule has 0 spiro atoms. The Labute approximate surface area is 186 Å². The van der Waals surface area contributed by atoms with Gasteiger partial charge in [-0.05, 0) is 37.5 Å². The molecule has 3 amide bonds. The van der Waals surface area contributed by atoms with Crippen molar-refractivity contribution in [3.8, 4) is 0 Å². The van der Waals surface area contributed by atoms with Crippen molar-refractivity contribution >= 4 is 17.7 Å². The fraction of sp³-hybridized carbons (Fsp3) is 0.478. The molecule has 0 aliphatic carbocycles. The molecule has 0 radical (unpaired) electrons. The van der Waals surface area contributed by atoms with Crippen molar-refractivity contribution < 1.29 is 18.8 Å². The highest BCUT2D eigenvalue weighted by Gasteiger charge is 2.33. The number of amides is 3. The molecule has 3 heterocycles. The van der Waals surface area contributed by atoms with Crippen LogP contribution in [0.15, 0.2) is 30.5 Å². The average Bonchev–Trinajstić information content (AvgIpc) is 3.24. The van der Waals surface area contributed by atoms with Crippen LogP contribution in [0.3, 0.4) is 0 Å². The Morgan fingerprint density at radius 2 is 1.81 bits per heavy atom. The summed E-state index contributed by atoms with van der Waals surface area (Å²) in [6, 6.07) is 6.01. The normalized spacial score (nSPS) is 16.8. The zero-order chi connectivity index (χ0) is 22.8. The predicted octanol–water partition coefficient (Wildman–Crippen LogP) is 2.15. The topological polar surface area (TPSA) is 78.8 Å². The van der Waals surface area contributed by atoms with Crippen molar-refractivity contribution in [2.24, 2.45) is 0 Å². The number of carbonyl (C=O) groups excluding carboxylic acids is 3. The lowest BCUT2D eigenvalue weighted by Gasteiger charge is -2.38. The second-order valence-electron chi connectivity index (χ2n) is 8.32. The van der Waals surface area contributed by atoms with E-state index in [1.165, 1.54) is 12.1 Å². The molecule has 0 N–H and O–H groups in total. The molecular weight excluding hydrogens is 413 g/mol. The van der Waals surface area contributed by atoms with Gasteiger partial charge in [0.05, 0.1) is 0 Å². The lowest BCUT2D eigenvalue weighted by Crippen LogP contribution is -2.48. The molecule has 2 aliphatic rings. The molecule has 32 heavy (non-hydrogen) atoms. The molecule has 1 saturated heterocycles. The summed E-state index contributed by atoms with van der Waals surface area (Å²) < 4.78 is 15.1. The average molecular weight is 442 g/mol. The number of nitrogens with zero attached hydrogens (tertiary/aromatic N) is 5. The minimum atomic E-state index is -0.331. The summed E-state index contributed by atoms with van der Waals surface area (Å²) in [5.41, 5.74) is 1.05. The van der Waals surface area contributed by atoms with Crippen LogP contribution in [-0.2, 0) is 17.9 Å². The van der Waals surface area contributed by atoms with Crippen LogP contribution in [0.1, 0.15) is 53.4 Å². The third-order valence-corrected chi connectivity index (χ3v) is 6.34. The third kappa shape index (κ3) is 4.37. The lowest BCUT2D eigenvalue weighted by atomic mass is 10.0. The van der Waals surface area contributed by atoms with Gasteiger partial charge in [-0.3, -0.25) is 14.4 Å². The largest absolute Gasteiger partial charge is 0.343 e. The zero-order valence-electron chi connectivity index (χ0n) is 18.5.